The third kappa shape index (κ3) is 1.80. The van der Waals surface area contributed by atoms with Gasteiger partial charge in [-0.15, -0.1) is 12.3 Å². The average molecular weight is 210 g/mol. The van der Waals surface area contributed by atoms with Gasteiger partial charge in [0.15, 0.2) is 0 Å². The average Bonchev–Trinajstić information content (AvgIpc) is 2.28. The van der Waals surface area contributed by atoms with Crippen molar-refractivity contribution in [2.75, 3.05) is 0 Å². The van der Waals surface area contributed by atoms with Crippen LogP contribution in [0.3, 0.4) is 0 Å². The number of hydrogen-bond donors (Lipinski definition) is 1. The first-order valence-corrected chi connectivity index (χ1v) is 5.29. The van der Waals surface area contributed by atoms with Gasteiger partial charge in [0.2, 0.25) is 0 Å². The molecule has 16 heavy (non-hydrogen) atoms. The molecule has 0 bridgehead atoms. The van der Waals surface area contributed by atoms with E-state index in [0.717, 1.165) is 16.3 Å². The molecule has 1 N–H and O–H groups in total. The molecule has 0 fully saturated rings. The molecule has 0 radical (unpaired) electrons. The summed E-state index contributed by atoms with van der Waals surface area (Å²) < 4.78 is 0. The van der Waals surface area contributed by atoms with Crippen LogP contribution in [0.2, 0.25) is 0 Å². The highest BCUT2D eigenvalue weighted by Crippen LogP contribution is 2.30. The summed E-state index contributed by atoms with van der Waals surface area (Å²) in [5.41, 5.74) is -0.0705. The van der Waals surface area contributed by atoms with Gasteiger partial charge in [-0.3, -0.25) is 0 Å². The number of aliphatic hydroxyl groups is 1. The summed E-state index contributed by atoms with van der Waals surface area (Å²) in [6.45, 7) is 1.76. The summed E-state index contributed by atoms with van der Waals surface area (Å²) in [6.07, 6.45) is 5.61. The molecule has 0 amide bonds. The monoisotopic (exact) mass is 210 g/mol. The maximum Gasteiger partial charge on any atom is 0.0983 e. The highest BCUT2D eigenvalue weighted by atomic mass is 16.3. The van der Waals surface area contributed by atoms with Gasteiger partial charge in [0, 0.05) is 6.42 Å². The SMILES string of the molecule is C#CC[C@](C)(O)c1cccc2ccccc12. The van der Waals surface area contributed by atoms with E-state index in [1.165, 1.54) is 0 Å². The Balaban J connectivity index is 2.66. The van der Waals surface area contributed by atoms with Gasteiger partial charge < -0.3 is 5.11 Å². The van der Waals surface area contributed by atoms with Gasteiger partial charge >= 0.3 is 0 Å². The maximum absolute atomic E-state index is 10.3. The summed E-state index contributed by atoms with van der Waals surface area (Å²) in [5.74, 6) is 2.52. The van der Waals surface area contributed by atoms with E-state index >= 15 is 0 Å². The lowest BCUT2D eigenvalue weighted by atomic mass is 9.89. The predicted octanol–water partition coefficient (Wildman–Crippen LogP) is 3.07. The second kappa shape index (κ2) is 4.00. The Labute approximate surface area is 95.7 Å². The quantitative estimate of drug-likeness (QED) is 0.755. The van der Waals surface area contributed by atoms with Crippen molar-refractivity contribution in [1.29, 1.82) is 0 Å². The van der Waals surface area contributed by atoms with Crippen LogP contribution in [0.5, 0.6) is 0 Å². The molecule has 0 aromatic heterocycles. The van der Waals surface area contributed by atoms with Crippen LogP contribution >= 0.6 is 0 Å². The molecule has 0 unspecified atom stereocenters. The topological polar surface area (TPSA) is 20.2 Å². The van der Waals surface area contributed by atoms with Gasteiger partial charge in [0.1, 0.15) is 0 Å². The van der Waals surface area contributed by atoms with E-state index in [1.807, 2.05) is 42.5 Å². The van der Waals surface area contributed by atoms with Crippen LogP contribution in [0, 0.1) is 12.3 Å². The molecule has 1 heteroatoms. The number of rotatable bonds is 2. The molecule has 0 aliphatic heterocycles. The zero-order chi connectivity index (χ0) is 11.6. The Morgan fingerprint density at radius 3 is 2.62 bits per heavy atom. The van der Waals surface area contributed by atoms with E-state index in [-0.39, 0.29) is 0 Å². The van der Waals surface area contributed by atoms with Gasteiger partial charge in [0.25, 0.3) is 0 Å². The largest absolute Gasteiger partial charge is 0.384 e. The summed E-state index contributed by atoms with van der Waals surface area (Å²) in [4.78, 5) is 0. The Hall–Kier alpha value is -1.78. The Bertz CT molecular complexity index is 541. The molecule has 0 saturated carbocycles. The summed E-state index contributed by atoms with van der Waals surface area (Å²) in [6, 6.07) is 13.9. The van der Waals surface area contributed by atoms with Gasteiger partial charge in [-0.2, -0.15) is 0 Å². The van der Waals surface area contributed by atoms with Crippen LogP contribution in [0.15, 0.2) is 42.5 Å². The minimum Gasteiger partial charge on any atom is -0.384 e. The number of terminal acetylenes is 1. The third-order valence-electron chi connectivity index (χ3n) is 2.82. The van der Waals surface area contributed by atoms with Gasteiger partial charge in [-0.25, -0.2) is 0 Å². The van der Waals surface area contributed by atoms with Crippen molar-refractivity contribution < 1.29 is 5.11 Å². The molecule has 80 valence electrons. The molecule has 0 aliphatic rings. The molecule has 0 spiro atoms. The van der Waals surface area contributed by atoms with Gasteiger partial charge in [-0.1, -0.05) is 42.5 Å². The highest BCUT2D eigenvalue weighted by Gasteiger charge is 2.23. The van der Waals surface area contributed by atoms with E-state index in [4.69, 9.17) is 6.42 Å². The lowest BCUT2D eigenvalue weighted by Gasteiger charge is -2.23. The minimum absolute atomic E-state index is 0.320. The van der Waals surface area contributed by atoms with E-state index in [9.17, 15) is 5.11 Å². The summed E-state index contributed by atoms with van der Waals surface area (Å²) >= 11 is 0. The Kier molecular flexibility index (Phi) is 2.68. The predicted molar refractivity (Wildman–Crippen MR) is 67.0 cm³/mol. The minimum atomic E-state index is -0.963. The summed E-state index contributed by atoms with van der Waals surface area (Å²) in [7, 11) is 0. The molecule has 1 atom stereocenters. The first-order valence-electron chi connectivity index (χ1n) is 5.29. The fourth-order valence-electron chi connectivity index (χ4n) is 1.99. The van der Waals surface area contributed by atoms with Gasteiger partial charge in [-0.05, 0) is 23.3 Å². The molecule has 2 rings (SSSR count). The van der Waals surface area contributed by atoms with Crippen molar-refractivity contribution in [2.24, 2.45) is 0 Å². The van der Waals surface area contributed by atoms with Crippen LogP contribution in [0.25, 0.3) is 10.8 Å². The molecule has 1 nitrogen and oxygen atoms in total. The first kappa shape index (κ1) is 10.7. The molecule has 2 aromatic rings. The van der Waals surface area contributed by atoms with Crippen LogP contribution in [-0.2, 0) is 5.60 Å². The molecule has 2 aromatic carbocycles. The Morgan fingerprint density at radius 1 is 1.19 bits per heavy atom. The normalized spacial score (nSPS) is 14.3. The second-order valence-electron chi connectivity index (χ2n) is 4.18. The molecule has 0 aliphatic carbocycles. The number of hydrogen-bond acceptors (Lipinski definition) is 1. The lowest BCUT2D eigenvalue weighted by molar-refractivity contribution is 0.0645. The van der Waals surface area contributed by atoms with E-state index in [1.54, 1.807) is 6.92 Å². The van der Waals surface area contributed by atoms with Crippen molar-refractivity contribution in [2.45, 2.75) is 18.9 Å². The van der Waals surface area contributed by atoms with E-state index < -0.39 is 5.60 Å². The highest BCUT2D eigenvalue weighted by molar-refractivity contribution is 5.86. The van der Waals surface area contributed by atoms with Crippen LogP contribution in [0.1, 0.15) is 18.9 Å². The smallest absolute Gasteiger partial charge is 0.0983 e. The molecule has 0 saturated heterocycles. The fraction of sp³-hybridized carbons (Fsp3) is 0.200. The van der Waals surface area contributed by atoms with Crippen molar-refractivity contribution >= 4 is 10.8 Å². The van der Waals surface area contributed by atoms with Crippen molar-refractivity contribution in [3.8, 4) is 12.3 Å². The second-order valence-corrected chi connectivity index (χ2v) is 4.18. The lowest BCUT2D eigenvalue weighted by Crippen LogP contribution is -2.20. The van der Waals surface area contributed by atoms with E-state index in [2.05, 4.69) is 5.92 Å². The fourth-order valence-corrected chi connectivity index (χ4v) is 1.99. The zero-order valence-corrected chi connectivity index (χ0v) is 9.27. The van der Waals surface area contributed by atoms with E-state index in [0.29, 0.717) is 6.42 Å². The van der Waals surface area contributed by atoms with Crippen molar-refractivity contribution in [1.82, 2.24) is 0 Å². The molecular formula is C15H14O. The standard InChI is InChI=1S/C15H14O/c1-3-11-15(2,16)14-10-6-8-12-7-4-5-9-13(12)14/h1,4-10,16H,11H2,2H3/t15-/m0/s1. The number of fused-ring (bicyclic) bond motifs is 1. The Morgan fingerprint density at radius 2 is 1.88 bits per heavy atom. The molecular weight excluding hydrogens is 196 g/mol. The molecule has 0 heterocycles. The van der Waals surface area contributed by atoms with Crippen molar-refractivity contribution in [3.63, 3.8) is 0 Å². The van der Waals surface area contributed by atoms with Crippen LogP contribution < -0.4 is 0 Å². The zero-order valence-electron chi connectivity index (χ0n) is 9.27. The first-order chi connectivity index (χ1) is 7.65. The number of benzene rings is 2. The van der Waals surface area contributed by atoms with Gasteiger partial charge in [0.05, 0.1) is 5.60 Å². The van der Waals surface area contributed by atoms with Crippen LogP contribution in [-0.4, -0.2) is 5.11 Å². The van der Waals surface area contributed by atoms with Crippen LogP contribution in [0.4, 0.5) is 0 Å². The maximum atomic E-state index is 10.3. The summed E-state index contributed by atoms with van der Waals surface area (Å²) in [5, 5.41) is 12.5. The third-order valence-corrected chi connectivity index (χ3v) is 2.82. The van der Waals surface area contributed by atoms with Crippen molar-refractivity contribution in [3.05, 3.63) is 48.0 Å².